The second-order valence-corrected chi connectivity index (χ2v) is 9.73. The second kappa shape index (κ2) is 9.37. The van der Waals surface area contributed by atoms with Gasteiger partial charge in [-0.2, -0.15) is 18.4 Å². The summed E-state index contributed by atoms with van der Waals surface area (Å²) in [5, 5.41) is 4.14. The molecule has 0 spiro atoms. The van der Waals surface area contributed by atoms with Crippen LogP contribution in [0.25, 0.3) is 6.08 Å². The number of methoxy groups -OCH3 is 1. The molecule has 6 heteroatoms. The van der Waals surface area contributed by atoms with Gasteiger partial charge < -0.3 is 4.74 Å². The van der Waals surface area contributed by atoms with Gasteiger partial charge in [-0.1, -0.05) is 74.9 Å². The molecular weight excluding hydrogens is 384 g/mol. The number of hydrazone groups is 1. The van der Waals surface area contributed by atoms with Gasteiger partial charge in [0.05, 0.1) is 16.7 Å². The number of benzene rings is 2. The molecule has 0 aliphatic carbocycles. The lowest BCUT2D eigenvalue weighted by Gasteiger charge is -2.26. The van der Waals surface area contributed by atoms with Gasteiger partial charge in [-0.25, -0.2) is 0 Å². The van der Waals surface area contributed by atoms with Crippen LogP contribution in [0.5, 0.6) is 0 Å². The van der Waals surface area contributed by atoms with Crippen LogP contribution in [0, 0.1) is 12.3 Å². The Morgan fingerprint density at radius 3 is 2.31 bits per heavy atom. The van der Waals surface area contributed by atoms with E-state index in [4.69, 9.17) is 4.74 Å². The zero-order valence-electron chi connectivity index (χ0n) is 17.9. The summed E-state index contributed by atoms with van der Waals surface area (Å²) in [7, 11) is -2.02. The van der Waals surface area contributed by atoms with Crippen LogP contribution in [0.4, 0.5) is 0 Å². The third-order valence-corrected chi connectivity index (χ3v) is 5.80. The van der Waals surface area contributed by atoms with Crippen molar-refractivity contribution in [2.24, 2.45) is 10.5 Å². The average Bonchev–Trinajstić information content (AvgIpc) is 2.66. The predicted octanol–water partition coefficient (Wildman–Crippen LogP) is 4.77. The number of hydrogen-bond acceptors (Lipinski definition) is 4. The van der Waals surface area contributed by atoms with Crippen molar-refractivity contribution in [1.82, 2.24) is 4.83 Å². The summed E-state index contributed by atoms with van der Waals surface area (Å²) in [6.07, 6.45) is 3.96. The Morgan fingerprint density at radius 2 is 1.72 bits per heavy atom. The number of sulfonamides is 1. The van der Waals surface area contributed by atoms with Crippen molar-refractivity contribution in [3.05, 3.63) is 71.3 Å². The van der Waals surface area contributed by atoms with Gasteiger partial charge in [0.25, 0.3) is 10.0 Å². The van der Waals surface area contributed by atoms with Gasteiger partial charge in [0.15, 0.2) is 0 Å². The minimum absolute atomic E-state index is 0.0347. The van der Waals surface area contributed by atoms with Crippen molar-refractivity contribution in [1.29, 1.82) is 0 Å². The standard InChI is InChI=1S/C23H30N2O3S/c1-17-11-14-20(15-12-17)29(26,27)25-24-18(2)21-10-8-7-9-19(21)13-16-22(28-6)23(3,4)5/h7-16,22,25H,1-6H3/b16-13+,24-18+. The van der Waals surface area contributed by atoms with Crippen molar-refractivity contribution in [3.63, 3.8) is 0 Å². The number of aryl methyl sites for hydroxylation is 1. The molecule has 0 bridgehead atoms. The lowest BCUT2D eigenvalue weighted by atomic mass is 9.88. The normalized spacial score (nSPS) is 14.2. The lowest BCUT2D eigenvalue weighted by molar-refractivity contribution is 0.0541. The van der Waals surface area contributed by atoms with E-state index in [1.165, 1.54) is 0 Å². The maximum absolute atomic E-state index is 12.5. The molecule has 0 saturated heterocycles. The van der Waals surface area contributed by atoms with Crippen LogP contribution in [-0.2, 0) is 14.8 Å². The van der Waals surface area contributed by atoms with E-state index in [1.807, 2.05) is 43.3 Å². The first-order chi connectivity index (χ1) is 13.5. The third-order valence-electron chi connectivity index (χ3n) is 4.57. The first-order valence-corrected chi connectivity index (χ1v) is 11.0. The smallest absolute Gasteiger partial charge is 0.276 e. The van der Waals surface area contributed by atoms with Crippen LogP contribution >= 0.6 is 0 Å². The van der Waals surface area contributed by atoms with Gasteiger partial charge in [0, 0.05) is 12.7 Å². The lowest BCUT2D eigenvalue weighted by Crippen LogP contribution is -2.25. The molecule has 0 heterocycles. The highest BCUT2D eigenvalue weighted by molar-refractivity contribution is 7.89. The molecule has 1 N–H and O–H groups in total. The van der Waals surface area contributed by atoms with Gasteiger partial charge in [0.2, 0.25) is 0 Å². The van der Waals surface area contributed by atoms with Crippen LogP contribution in [0.1, 0.15) is 44.4 Å². The molecule has 0 aliphatic heterocycles. The summed E-state index contributed by atoms with van der Waals surface area (Å²) in [5.41, 5.74) is 3.32. The third kappa shape index (κ3) is 6.27. The summed E-state index contributed by atoms with van der Waals surface area (Å²) in [6, 6.07) is 14.4. The van der Waals surface area contributed by atoms with Gasteiger partial charge in [-0.15, -0.1) is 0 Å². The van der Waals surface area contributed by atoms with Crippen LogP contribution in [0.2, 0.25) is 0 Å². The SMILES string of the molecule is COC(/C=C/c1ccccc1/C(C)=N/NS(=O)(=O)c1ccc(C)cc1)C(C)(C)C. The van der Waals surface area contributed by atoms with Gasteiger partial charge in [-0.3, -0.25) is 0 Å². The Balaban J connectivity index is 2.27. The first kappa shape index (κ1) is 22.8. The zero-order valence-corrected chi connectivity index (χ0v) is 18.7. The quantitative estimate of drug-likeness (QED) is 0.524. The molecule has 0 amide bonds. The summed E-state index contributed by atoms with van der Waals surface area (Å²) in [4.78, 5) is 2.51. The molecule has 5 nitrogen and oxygen atoms in total. The van der Waals surface area contributed by atoms with Crippen LogP contribution < -0.4 is 4.83 Å². The molecule has 0 radical (unpaired) electrons. The summed E-state index contributed by atoms with van der Waals surface area (Å²) < 4.78 is 30.5. The summed E-state index contributed by atoms with van der Waals surface area (Å²) in [5.74, 6) is 0. The largest absolute Gasteiger partial charge is 0.377 e. The van der Waals surface area contributed by atoms with Crippen LogP contribution in [0.15, 0.2) is 64.6 Å². The van der Waals surface area contributed by atoms with Crippen molar-refractivity contribution >= 4 is 21.8 Å². The highest BCUT2D eigenvalue weighted by Gasteiger charge is 2.21. The maximum Gasteiger partial charge on any atom is 0.276 e. The predicted molar refractivity (Wildman–Crippen MR) is 119 cm³/mol. The van der Waals surface area contributed by atoms with Crippen molar-refractivity contribution in [2.75, 3.05) is 7.11 Å². The number of ether oxygens (including phenoxy) is 1. The Hall–Kier alpha value is -2.44. The van der Waals surface area contributed by atoms with E-state index in [0.29, 0.717) is 5.71 Å². The number of nitrogens with one attached hydrogen (secondary N) is 1. The topological polar surface area (TPSA) is 67.8 Å². The Labute approximate surface area is 174 Å². The number of nitrogens with zero attached hydrogens (tertiary/aromatic N) is 1. The fraction of sp³-hybridized carbons (Fsp3) is 0.348. The molecule has 156 valence electrons. The van der Waals surface area contributed by atoms with E-state index >= 15 is 0 Å². The molecule has 2 rings (SSSR count). The minimum atomic E-state index is -3.72. The zero-order chi connectivity index (χ0) is 21.7. The molecule has 0 saturated carbocycles. The molecule has 0 fully saturated rings. The monoisotopic (exact) mass is 414 g/mol. The molecule has 1 unspecified atom stereocenters. The Morgan fingerprint density at radius 1 is 1.10 bits per heavy atom. The summed E-state index contributed by atoms with van der Waals surface area (Å²) in [6.45, 7) is 10.0. The average molecular weight is 415 g/mol. The van der Waals surface area contributed by atoms with E-state index < -0.39 is 10.0 Å². The fourth-order valence-corrected chi connectivity index (χ4v) is 3.70. The van der Waals surface area contributed by atoms with Crippen LogP contribution in [0.3, 0.4) is 0 Å². The molecule has 0 aromatic heterocycles. The Bertz CT molecular complexity index is 986. The van der Waals surface area contributed by atoms with Crippen molar-refractivity contribution in [3.8, 4) is 0 Å². The first-order valence-electron chi connectivity index (χ1n) is 9.48. The molecule has 29 heavy (non-hydrogen) atoms. The van der Waals surface area contributed by atoms with E-state index in [1.54, 1.807) is 38.3 Å². The maximum atomic E-state index is 12.5. The van der Waals surface area contributed by atoms with Crippen LogP contribution in [-0.4, -0.2) is 27.3 Å². The van der Waals surface area contributed by atoms with Gasteiger partial charge >= 0.3 is 0 Å². The molecule has 2 aromatic carbocycles. The highest BCUT2D eigenvalue weighted by Crippen LogP contribution is 2.24. The second-order valence-electron chi connectivity index (χ2n) is 8.07. The molecular formula is C23H30N2O3S. The van der Waals surface area contributed by atoms with Gasteiger partial charge in [0.1, 0.15) is 0 Å². The Kier molecular flexibility index (Phi) is 7.38. The summed E-state index contributed by atoms with van der Waals surface area (Å²) >= 11 is 0. The van der Waals surface area contributed by atoms with Gasteiger partial charge in [-0.05, 0) is 37.0 Å². The van der Waals surface area contributed by atoms with E-state index in [0.717, 1.165) is 16.7 Å². The fourth-order valence-electron chi connectivity index (χ4n) is 2.84. The molecule has 2 aromatic rings. The van der Waals surface area contributed by atoms with E-state index in [9.17, 15) is 8.42 Å². The molecule has 1 atom stereocenters. The number of rotatable bonds is 7. The number of hydrogen-bond donors (Lipinski definition) is 1. The minimum Gasteiger partial charge on any atom is -0.377 e. The van der Waals surface area contributed by atoms with Crippen molar-refractivity contribution in [2.45, 2.75) is 45.6 Å². The van der Waals surface area contributed by atoms with E-state index in [2.05, 4.69) is 30.7 Å². The van der Waals surface area contributed by atoms with Crippen molar-refractivity contribution < 1.29 is 13.2 Å². The highest BCUT2D eigenvalue weighted by atomic mass is 32.2. The molecule has 0 aliphatic rings. The van der Waals surface area contributed by atoms with E-state index in [-0.39, 0.29) is 16.4 Å².